The van der Waals surface area contributed by atoms with Crippen molar-refractivity contribution in [3.8, 4) is 0 Å². The summed E-state index contributed by atoms with van der Waals surface area (Å²) in [7, 11) is 0. The summed E-state index contributed by atoms with van der Waals surface area (Å²) in [5, 5.41) is 0. The Labute approximate surface area is 469 Å². The lowest BCUT2D eigenvalue weighted by Gasteiger charge is -2.18. The van der Waals surface area contributed by atoms with Gasteiger partial charge in [0, 0.05) is 19.3 Å². The quantitative estimate of drug-likeness (QED) is 0.0261. The highest BCUT2D eigenvalue weighted by molar-refractivity contribution is 5.71. The van der Waals surface area contributed by atoms with Gasteiger partial charge in [-0.25, -0.2) is 0 Å². The van der Waals surface area contributed by atoms with Crippen LogP contribution in [0.4, 0.5) is 0 Å². The van der Waals surface area contributed by atoms with Crippen LogP contribution < -0.4 is 0 Å². The molecule has 1 atom stereocenters. The summed E-state index contributed by atoms with van der Waals surface area (Å²) in [4.78, 5) is 38.2. The van der Waals surface area contributed by atoms with Gasteiger partial charge in [-0.15, -0.1) is 0 Å². The Morgan fingerprint density at radius 3 is 0.921 bits per heavy atom. The fraction of sp³-hybridized carbons (Fsp3) is 0.671. The molecule has 6 heteroatoms. The summed E-state index contributed by atoms with van der Waals surface area (Å²) in [6.07, 6.45) is 87.9. The Hall–Kier alpha value is -4.19. The van der Waals surface area contributed by atoms with E-state index in [2.05, 4.69) is 142 Å². The van der Waals surface area contributed by atoms with E-state index in [4.69, 9.17) is 14.2 Å². The molecule has 0 radical (unpaired) electrons. The van der Waals surface area contributed by atoms with Crippen LogP contribution in [-0.4, -0.2) is 37.2 Å². The first-order chi connectivity index (χ1) is 37.5. The smallest absolute Gasteiger partial charge is 0.306 e. The zero-order valence-corrected chi connectivity index (χ0v) is 49.5. The number of hydrogen-bond donors (Lipinski definition) is 0. The molecule has 1 unspecified atom stereocenters. The molecule has 0 bridgehead atoms. The predicted octanol–water partition coefficient (Wildman–Crippen LogP) is 21.6. The van der Waals surface area contributed by atoms with Crippen molar-refractivity contribution in [3.63, 3.8) is 0 Å². The van der Waals surface area contributed by atoms with Gasteiger partial charge in [0.2, 0.25) is 0 Å². The van der Waals surface area contributed by atoms with Gasteiger partial charge in [0.05, 0.1) is 0 Å². The molecule has 76 heavy (non-hydrogen) atoms. The summed E-state index contributed by atoms with van der Waals surface area (Å²) in [5.41, 5.74) is 0. The lowest BCUT2D eigenvalue weighted by atomic mass is 10.0. The van der Waals surface area contributed by atoms with Gasteiger partial charge in [-0.2, -0.15) is 0 Å². The van der Waals surface area contributed by atoms with Crippen LogP contribution in [0.3, 0.4) is 0 Å². The number of allylic oxidation sites excluding steroid dienone is 20. The molecule has 0 fully saturated rings. The molecule has 0 aliphatic rings. The zero-order valence-electron chi connectivity index (χ0n) is 49.5. The van der Waals surface area contributed by atoms with Gasteiger partial charge in [0.25, 0.3) is 0 Å². The molecule has 0 amide bonds. The SMILES string of the molecule is CC/C=C\C/C=C\C/C=C\C/C=C\C/C=C\C/C=C\C/C=C\C/C=C\C/C=C\CCCC(=O)OCC(COC(=O)CCCCCCC/C=C\CCC)OC(=O)CCCCCCCCCCCCCCCCCCCCC. The minimum absolute atomic E-state index is 0.101. The van der Waals surface area contributed by atoms with Crippen LogP contribution in [0.1, 0.15) is 284 Å². The molecule has 0 spiro atoms. The van der Waals surface area contributed by atoms with Crippen LogP contribution in [-0.2, 0) is 28.6 Å². The Kier molecular flexibility index (Phi) is 59.9. The number of carbonyl (C=O) groups excluding carboxylic acids is 3. The maximum absolute atomic E-state index is 12.9. The average molecular weight is 1050 g/mol. The molecule has 6 nitrogen and oxygen atoms in total. The highest BCUT2D eigenvalue weighted by Crippen LogP contribution is 2.16. The number of carbonyl (C=O) groups is 3. The maximum atomic E-state index is 12.9. The molecule has 0 N–H and O–H groups in total. The molecule has 0 rings (SSSR count). The van der Waals surface area contributed by atoms with Crippen molar-refractivity contribution in [1.82, 2.24) is 0 Å². The summed E-state index contributed by atoms with van der Waals surface area (Å²) in [6.45, 7) is 6.42. The Bertz CT molecular complexity index is 1590. The van der Waals surface area contributed by atoms with Crippen molar-refractivity contribution in [2.24, 2.45) is 0 Å². The van der Waals surface area contributed by atoms with Crippen LogP contribution in [0.25, 0.3) is 0 Å². The van der Waals surface area contributed by atoms with Crippen molar-refractivity contribution in [1.29, 1.82) is 0 Å². The fourth-order valence-electron chi connectivity index (χ4n) is 8.51. The lowest BCUT2D eigenvalue weighted by molar-refractivity contribution is -0.167. The van der Waals surface area contributed by atoms with E-state index in [0.717, 1.165) is 122 Å². The summed E-state index contributed by atoms with van der Waals surface area (Å²) in [6, 6.07) is 0. The molecule has 0 saturated carbocycles. The first-order valence-corrected chi connectivity index (χ1v) is 31.5. The Balaban J connectivity index is 4.37. The fourth-order valence-corrected chi connectivity index (χ4v) is 8.51. The third kappa shape index (κ3) is 60.7. The van der Waals surface area contributed by atoms with Gasteiger partial charge in [0.1, 0.15) is 13.2 Å². The van der Waals surface area contributed by atoms with Gasteiger partial charge in [0.15, 0.2) is 6.10 Å². The van der Waals surface area contributed by atoms with Gasteiger partial charge < -0.3 is 14.2 Å². The van der Waals surface area contributed by atoms with Crippen molar-refractivity contribution >= 4 is 17.9 Å². The van der Waals surface area contributed by atoms with Gasteiger partial charge >= 0.3 is 17.9 Å². The average Bonchev–Trinajstić information content (AvgIpc) is 3.42. The highest BCUT2D eigenvalue weighted by Gasteiger charge is 2.19. The Morgan fingerprint density at radius 2 is 0.553 bits per heavy atom. The van der Waals surface area contributed by atoms with E-state index < -0.39 is 6.10 Å². The number of hydrogen-bond acceptors (Lipinski definition) is 6. The number of ether oxygens (including phenoxy) is 3. The number of esters is 3. The van der Waals surface area contributed by atoms with E-state index in [1.807, 2.05) is 0 Å². The summed E-state index contributed by atoms with van der Waals surface area (Å²) >= 11 is 0. The largest absolute Gasteiger partial charge is 0.462 e. The normalized spacial score (nSPS) is 12.9. The minimum atomic E-state index is -0.806. The highest BCUT2D eigenvalue weighted by atomic mass is 16.6. The van der Waals surface area contributed by atoms with Crippen LogP contribution in [0.5, 0.6) is 0 Å². The molecule has 0 saturated heterocycles. The molecule has 0 heterocycles. The molecule has 0 aromatic rings. The second-order valence-electron chi connectivity index (χ2n) is 20.6. The van der Waals surface area contributed by atoms with Crippen LogP contribution in [0, 0.1) is 0 Å². The van der Waals surface area contributed by atoms with Crippen molar-refractivity contribution in [3.05, 3.63) is 122 Å². The van der Waals surface area contributed by atoms with E-state index >= 15 is 0 Å². The van der Waals surface area contributed by atoms with Crippen LogP contribution >= 0.6 is 0 Å². The third-order valence-corrected chi connectivity index (χ3v) is 13.2. The second-order valence-corrected chi connectivity index (χ2v) is 20.6. The molecule has 432 valence electrons. The first-order valence-electron chi connectivity index (χ1n) is 31.5. The molecule has 0 aromatic heterocycles. The summed E-state index contributed by atoms with van der Waals surface area (Å²) in [5.74, 6) is -0.968. The van der Waals surface area contributed by atoms with Crippen LogP contribution in [0.15, 0.2) is 122 Å². The molecule has 0 aliphatic carbocycles. The van der Waals surface area contributed by atoms with Crippen molar-refractivity contribution in [2.45, 2.75) is 290 Å². The zero-order chi connectivity index (χ0) is 55.0. The molecule has 0 aromatic carbocycles. The predicted molar refractivity (Wildman–Crippen MR) is 330 cm³/mol. The minimum Gasteiger partial charge on any atom is -0.462 e. The molecule has 0 aliphatic heterocycles. The standard InChI is InChI=1S/C70H116O6/c1-4-7-10-13-16-19-22-24-26-28-30-31-32-33-34-35-36-37-38-39-41-42-44-46-48-51-54-57-60-63-69(72)75-66-67(65-74-68(71)62-59-56-53-50-21-18-15-12-9-6-3)76-70(73)64-61-58-55-52-49-47-45-43-40-29-27-25-23-20-17-14-11-8-5-2/h7,10,12,15-16,19,24,26,30-31,33-34,36-37,39,41,44,46,51,54,67H,4-6,8-9,11,13-14,17-18,20-23,25,27-29,32,35,38,40,42-43,45,47-50,52-53,55-66H2,1-3H3/b10-7-,15-12-,19-16-,26-24-,31-30-,34-33-,37-36-,41-39-,46-44-,54-51-. The van der Waals surface area contributed by atoms with E-state index in [0.29, 0.717) is 19.3 Å². The number of unbranched alkanes of at least 4 members (excludes halogenated alkanes) is 25. The number of rotatable bonds is 56. The maximum Gasteiger partial charge on any atom is 0.306 e. The molecular weight excluding hydrogens is 937 g/mol. The summed E-state index contributed by atoms with van der Waals surface area (Å²) < 4.78 is 16.8. The third-order valence-electron chi connectivity index (χ3n) is 13.2. The lowest BCUT2D eigenvalue weighted by Crippen LogP contribution is -2.30. The monoisotopic (exact) mass is 1050 g/mol. The van der Waals surface area contributed by atoms with E-state index in [1.165, 1.54) is 116 Å². The topological polar surface area (TPSA) is 78.9 Å². The van der Waals surface area contributed by atoms with Gasteiger partial charge in [-0.05, 0) is 103 Å². The van der Waals surface area contributed by atoms with E-state index in [9.17, 15) is 14.4 Å². The van der Waals surface area contributed by atoms with Crippen molar-refractivity contribution < 1.29 is 28.6 Å². The second kappa shape index (κ2) is 63.3. The Morgan fingerprint density at radius 1 is 0.276 bits per heavy atom. The van der Waals surface area contributed by atoms with Crippen LogP contribution in [0.2, 0.25) is 0 Å². The first kappa shape index (κ1) is 71.8. The van der Waals surface area contributed by atoms with Gasteiger partial charge in [-0.3, -0.25) is 14.4 Å². The van der Waals surface area contributed by atoms with Crippen molar-refractivity contribution in [2.75, 3.05) is 13.2 Å². The molecular formula is C70H116O6. The van der Waals surface area contributed by atoms with Gasteiger partial charge in [-0.1, -0.05) is 284 Å². The van der Waals surface area contributed by atoms with E-state index in [-0.39, 0.29) is 37.5 Å². The van der Waals surface area contributed by atoms with E-state index in [1.54, 1.807) is 0 Å².